The maximum Gasteiger partial charge on any atom is 0.270 e. The summed E-state index contributed by atoms with van der Waals surface area (Å²) in [4.78, 5) is 43.9. The Morgan fingerprint density at radius 2 is 2.00 bits per heavy atom. The van der Waals surface area contributed by atoms with Crippen LogP contribution >= 0.6 is 11.6 Å². The van der Waals surface area contributed by atoms with Crippen molar-refractivity contribution in [2.24, 2.45) is 5.41 Å². The molecule has 0 atom stereocenters. The van der Waals surface area contributed by atoms with Gasteiger partial charge in [0.15, 0.2) is 5.78 Å². The fraction of sp³-hybridized carbons (Fsp3) is 0.429. The van der Waals surface area contributed by atoms with Crippen LogP contribution in [-0.4, -0.2) is 33.6 Å². The van der Waals surface area contributed by atoms with Gasteiger partial charge in [-0.15, -0.1) is 0 Å². The molecule has 0 spiro atoms. The monoisotopic (exact) mass is 434 g/mol. The van der Waals surface area contributed by atoms with Gasteiger partial charge in [0, 0.05) is 17.9 Å². The van der Waals surface area contributed by atoms with Crippen molar-refractivity contribution in [2.75, 3.05) is 5.32 Å². The minimum atomic E-state index is -0.629. The molecule has 1 aliphatic carbocycles. The van der Waals surface area contributed by atoms with E-state index in [0.29, 0.717) is 31.4 Å². The molecular formula is C21H24ClFN4O3. The van der Waals surface area contributed by atoms with E-state index in [2.05, 4.69) is 20.6 Å². The Labute approximate surface area is 178 Å². The minimum absolute atomic E-state index is 0.110. The second kappa shape index (κ2) is 8.95. The Bertz CT molecular complexity index is 967. The zero-order valence-corrected chi connectivity index (χ0v) is 17.6. The quantitative estimate of drug-likeness (QED) is 0.595. The van der Waals surface area contributed by atoms with Crippen LogP contribution in [0.1, 0.15) is 66.9 Å². The summed E-state index contributed by atoms with van der Waals surface area (Å²) in [5.74, 6) is -1.24. The molecule has 0 saturated heterocycles. The van der Waals surface area contributed by atoms with Gasteiger partial charge in [0.05, 0.1) is 17.0 Å². The third-order valence-electron chi connectivity index (χ3n) is 5.60. The predicted molar refractivity (Wildman–Crippen MR) is 111 cm³/mol. The second-order valence-electron chi connectivity index (χ2n) is 7.79. The molecule has 1 heterocycles. The van der Waals surface area contributed by atoms with Crippen molar-refractivity contribution in [1.29, 1.82) is 0 Å². The number of carbonyl (C=O) groups is 3. The number of imidazole rings is 1. The van der Waals surface area contributed by atoms with Crippen LogP contribution in [0.15, 0.2) is 24.5 Å². The van der Waals surface area contributed by atoms with Gasteiger partial charge in [-0.05, 0) is 43.9 Å². The Morgan fingerprint density at radius 3 is 2.63 bits per heavy atom. The number of amides is 2. The van der Waals surface area contributed by atoms with Crippen LogP contribution in [-0.2, 0) is 4.79 Å². The molecular weight excluding hydrogens is 411 g/mol. The van der Waals surface area contributed by atoms with Crippen molar-refractivity contribution in [1.82, 2.24) is 15.3 Å². The molecule has 1 aliphatic rings. The van der Waals surface area contributed by atoms with Crippen LogP contribution in [0.25, 0.3) is 0 Å². The summed E-state index contributed by atoms with van der Waals surface area (Å²) in [5.41, 5.74) is 0.0492. The summed E-state index contributed by atoms with van der Waals surface area (Å²) in [6.45, 7) is 3.58. The highest BCUT2D eigenvalue weighted by molar-refractivity contribution is 6.33. The maximum absolute atomic E-state index is 13.2. The Morgan fingerprint density at radius 1 is 1.30 bits per heavy atom. The standard InChI is InChI=1S/C21H24ClFN4O3/c1-3-16(28)17-18(25-11-24-17)19(29)26-13-6-8-21(2,9-7-13)20(30)27-15-5-4-12(23)10-14(15)22/h4-5,10-11,13H,3,6-9H2,1-2H3,(H,24,25)(H,26,29)(H,27,30). The normalized spacial score (nSPS) is 21.1. The minimum Gasteiger partial charge on any atom is -0.348 e. The number of carbonyl (C=O) groups excluding carboxylic acids is 3. The molecule has 0 aliphatic heterocycles. The van der Waals surface area contributed by atoms with Crippen LogP contribution in [0.2, 0.25) is 5.02 Å². The number of H-pyrrole nitrogens is 1. The average Bonchev–Trinajstić information content (AvgIpc) is 3.21. The number of rotatable bonds is 6. The number of hydrogen-bond donors (Lipinski definition) is 3. The predicted octanol–water partition coefficient (Wildman–Crippen LogP) is 4.11. The van der Waals surface area contributed by atoms with Gasteiger partial charge in [-0.3, -0.25) is 14.4 Å². The highest BCUT2D eigenvalue weighted by atomic mass is 35.5. The van der Waals surface area contributed by atoms with Gasteiger partial charge in [0.2, 0.25) is 5.91 Å². The topological polar surface area (TPSA) is 104 Å². The van der Waals surface area contributed by atoms with E-state index < -0.39 is 11.2 Å². The lowest BCUT2D eigenvalue weighted by Gasteiger charge is -2.36. The van der Waals surface area contributed by atoms with Crippen molar-refractivity contribution in [3.8, 4) is 0 Å². The number of halogens is 2. The van der Waals surface area contributed by atoms with Crippen molar-refractivity contribution in [3.05, 3.63) is 46.8 Å². The third kappa shape index (κ3) is 4.70. The van der Waals surface area contributed by atoms with Crippen LogP contribution < -0.4 is 10.6 Å². The van der Waals surface area contributed by atoms with Gasteiger partial charge in [0.1, 0.15) is 17.2 Å². The second-order valence-corrected chi connectivity index (χ2v) is 8.20. The van der Waals surface area contributed by atoms with E-state index in [1.165, 1.54) is 18.5 Å². The van der Waals surface area contributed by atoms with Crippen molar-refractivity contribution >= 4 is 34.9 Å². The van der Waals surface area contributed by atoms with Gasteiger partial charge < -0.3 is 15.6 Å². The van der Waals surface area contributed by atoms with Crippen molar-refractivity contribution in [3.63, 3.8) is 0 Å². The van der Waals surface area contributed by atoms with Crippen molar-refractivity contribution in [2.45, 2.75) is 52.0 Å². The molecule has 9 heteroatoms. The molecule has 1 aromatic heterocycles. The van der Waals surface area contributed by atoms with Gasteiger partial charge in [-0.25, -0.2) is 9.37 Å². The van der Waals surface area contributed by atoms with Crippen LogP contribution in [0.3, 0.4) is 0 Å². The fourth-order valence-corrected chi connectivity index (χ4v) is 3.81. The van der Waals surface area contributed by atoms with Crippen LogP contribution in [0.5, 0.6) is 0 Å². The smallest absolute Gasteiger partial charge is 0.270 e. The molecule has 7 nitrogen and oxygen atoms in total. The largest absolute Gasteiger partial charge is 0.348 e. The molecule has 3 N–H and O–H groups in total. The number of ketones is 1. The molecule has 0 bridgehead atoms. The number of aromatic nitrogens is 2. The molecule has 3 rings (SSSR count). The maximum atomic E-state index is 13.2. The van der Waals surface area contributed by atoms with Gasteiger partial charge in [-0.2, -0.15) is 0 Å². The first-order valence-corrected chi connectivity index (χ1v) is 10.2. The fourth-order valence-electron chi connectivity index (χ4n) is 3.59. The zero-order chi connectivity index (χ0) is 21.9. The molecule has 30 heavy (non-hydrogen) atoms. The van der Waals surface area contributed by atoms with E-state index in [4.69, 9.17) is 11.6 Å². The van der Waals surface area contributed by atoms with Crippen molar-refractivity contribution < 1.29 is 18.8 Å². The van der Waals surface area contributed by atoms with E-state index in [9.17, 15) is 18.8 Å². The number of benzene rings is 1. The summed E-state index contributed by atoms with van der Waals surface area (Å²) in [6, 6.07) is 3.72. The molecule has 1 saturated carbocycles. The highest BCUT2D eigenvalue weighted by Gasteiger charge is 2.38. The van der Waals surface area contributed by atoms with Gasteiger partial charge in [0.25, 0.3) is 5.91 Å². The lowest BCUT2D eigenvalue weighted by Crippen LogP contribution is -2.44. The number of hydrogen-bond acceptors (Lipinski definition) is 4. The first-order valence-electron chi connectivity index (χ1n) is 9.87. The van der Waals surface area contributed by atoms with Gasteiger partial charge in [-0.1, -0.05) is 25.4 Å². The van der Waals surface area contributed by atoms with E-state index in [-0.39, 0.29) is 46.5 Å². The zero-order valence-electron chi connectivity index (χ0n) is 16.9. The number of Topliss-reactive ketones (excluding diaryl/α,β-unsaturated/α-hetero) is 1. The average molecular weight is 435 g/mol. The molecule has 160 valence electrons. The van der Waals surface area contributed by atoms with Gasteiger partial charge >= 0.3 is 0 Å². The lowest BCUT2D eigenvalue weighted by atomic mass is 9.73. The van der Waals surface area contributed by atoms with E-state index in [1.807, 2.05) is 6.92 Å². The third-order valence-corrected chi connectivity index (χ3v) is 5.92. The molecule has 1 aromatic carbocycles. The molecule has 2 aromatic rings. The van der Waals surface area contributed by atoms with E-state index >= 15 is 0 Å². The summed E-state index contributed by atoms with van der Waals surface area (Å²) in [5, 5.41) is 5.85. The summed E-state index contributed by atoms with van der Waals surface area (Å²) in [7, 11) is 0. The lowest BCUT2D eigenvalue weighted by molar-refractivity contribution is -0.126. The molecule has 0 unspecified atom stereocenters. The number of nitrogens with zero attached hydrogens (tertiary/aromatic N) is 1. The van der Waals surface area contributed by atoms with Crippen LogP contribution in [0, 0.1) is 11.2 Å². The number of nitrogens with one attached hydrogen (secondary N) is 3. The highest BCUT2D eigenvalue weighted by Crippen LogP contribution is 2.37. The first kappa shape index (κ1) is 22.0. The Balaban J connectivity index is 1.58. The summed E-state index contributed by atoms with van der Waals surface area (Å²) >= 11 is 6.00. The summed E-state index contributed by atoms with van der Waals surface area (Å²) < 4.78 is 13.2. The van der Waals surface area contributed by atoms with E-state index in [1.54, 1.807) is 6.92 Å². The van der Waals surface area contributed by atoms with Crippen LogP contribution in [0.4, 0.5) is 10.1 Å². The Kier molecular flexibility index (Phi) is 6.55. The number of aromatic amines is 1. The molecule has 1 fully saturated rings. The Hall–Kier alpha value is -2.74. The van der Waals surface area contributed by atoms with E-state index in [0.717, 1.165) is 6.07 Å². The molecule has 0 radical (unpaired) electrons. The first-order chi connectivity index (χ1) is 14.2. The molecule has 2 amide bonds. The number of anilines is 1. The SMILES string of the molecule is CCC(=O)c1nc[nH]c1C(=O)NC1CCC(C)(C(=O)Nc2ccc(F)cc2Cl)CC1. The summed E-state index contributed by atoms with van der Waals surface area (Å²) in [6.07, 6.45) is 3.94.